The van der Waals surface area contributed by atoms with Gasteiger partial charge in [-0.1, -0.05) is 35.9 Å². The van der Waals surface area contributed by atoms with Crippen molar-refractivity contribution in [1.82, 2.24) is 19.5 Å². The summed E-state index contributed by atoms with van der Waals surface area (Å²) >= 11 is 0. The first-order valence-corrected chi connectivity index (χ1v) is 9.36. The van der Waals surface area contributed by atoms with Gasteiger partial charge in [0.15, 0.2) is 0 Å². The number of nitrogens with zero attached hydrogens (tertiary/aromatic N) is 3. The molecule has 2 aromatic heterocycles. The molecular weight excluding hydrogens is 368 g/mol. The highest BCUT2D eigenvalue weighted by molar-refractivity contribution is 5.92. The number of hydrogen-bond donors (Lipinski definition) is 1. The van der Waals surface area contributed by atoms with Gasteiger partial charge in [-0.25, -0.2) is 4.68 Å². The van der Waals surface area contributed by atoms with E-state index in [1.54, 1.807) is 17.6 Å². The number of amides is 1. The lowest BCUT2D eigenvalue weighted by molar-refractivity contribution is -0.122. The molecule has 0 saturated heterocycles. The Bertz CT molecular complexity index is 1270. The van der Waals surface area contributed by atoms with E-state index in [4.69, 9.17) is 4.74 Å². The Morgan fingerprint density at radius 2 is 1.86 bits per heavy atom. The van der Waals surface area contributed by atoms with Crippen molar-refractivity contribution in [2.75, 3.05) is 7.11 Å². The molecule has 0 bridgehead atoms. The van der Waals surface area contributed by atoms with Gasteiger partial charge >= 0.3 is 0 Å². The van der Waals surface area contributed by atoms with Crippen LogP contribution in [0.15, 0.2) is 53.3 Å². The van der Waals surface area contributed by atoms with E-state index >= 15 is 0 Å². The van der Waals surface area contributed by atoms with Crippen molar-refractivity contribution in [3.8, 4) is 5.75 Å². The molecule has 2 aromatic carbocycles. The fraction of sp³-hybridized carbons (Fsp3) is 0.227. The van der Waals surface area contributed by atoms with Crippen molar-refractivity contribution in [1.29, 1.82) is 0 Å². The van der Waals surface area contributed by atoms with Crippen LogP contribution in [0, 0.1) is 13.8 Å². The van der Waals surface area contributed by atoms with Crippen LogP contribution in [0.4, 0.5) is 0 Å². The van der Waals surface area contributed by atoms with Crippen LogP contribution in [0.2, 0.25) is 0 Å². The van der Waals surface area contributed by atoms with E-state index in [1.807, 2.05) is 56.3 Å². The fourth-order valence-corrected chi connectivity index (χ4v) is 3.49. The zero-order valence-electron chi connectivity index (χ0n) is 16.6. The summed E-state index contributed by atoms with van der Waals surface area (Å²) in [6, 6.07) is 15.3. The molecule has 1 N–H and O–H groups in total. The van der Waals surface area contributed by atoms with Crippen LogP contribution >= 0.6 is 0 Å². The minimum Gasteiger partial charge on any atom is -0.496 e. The molecule has 0 radical (unpaired) electrons. The Hall–Kier alpha value is -3.61. The van der Waals surface area contributed by atoms with Gasteiger partial charge in [-0.15, -0.1) is 0 Å². The molecular formula is C22H22N4O3. The Morgan fingerprint density at radius 1 is 1.10 bits per heavy atom. The zero-order valence-corrected chi connectivity index (χ0v) is 16.6. The molecule has 7 nitrogen and oxygen atoms in total. The SMILES string of the molecule is COc1cccc2c1cc1c(=O)n(CC(=O)NCc3ccc(C)cc3)nc(C)n12. The number of nitrogens with one attached hydrogen (secondary N) is 1. The molecule has 148 valence electrons. The van der Waals surface area contributed by atoms with Gasteiger partial charge in [-0.2, -0.15) is 5.10 Å². The number of fused-ring (bicyclic) bond motifs is 3. The third kappa shape index (κ3) is 3.47. The van der Waals surface area contributed by atoms with Gasteiger partial charge in [0.2, 0.25) is 5.91 Å². The van der Waals surface area contributed by atoms with Crippen molar-refractivity contribution >= 4 is 22.3 Å². The Morgan fingerprint density at radius 3 is 2.59 bits per heavy atom. The van der Waals surface area contributed by atoms with E-state index in [0.29, 0.717) is 23.6 Å². The number of hydrogen-bond acceptors (Lipinski definition) is 4. The van der Waals surface area contributed by atoms with Crippen molar-refractivity contribution < 1.29 is 9.53 Å². The van der Waals surface area contributed by atoms with Crippen LogP contribution in [-0.2, 0) is 17.9 Å². The molecule has 0 aliphatic heterocycles. The van der Waals surface area contributed by atoms with Crippen molar-refractivity contribution in [2.24, 2.45) is 0 Å². The number of benzene rings is 2. The lowest BCUT2D eigenvalue weighted by Crippen LogP contribution is -2.34. The molecule has 0 aliphatic carbocycles. The summed E-state index contributed by atoms with van der Waals surface area (Å²) in [5.74, 6) is 1.04. The smallest absolute Gasteiger partial charge is 0.291 e. The number of carbonyl (C=O) groups is 1. The number of rotatable bonds is 5. The maximum Gasteiger partial charge on any atom is 0.291 e. The van der Waals surface area contributed by atoms with Gasteiger partial charge < -0.3 is 10.1 Å². The summed E-state index contributed by atoms with van der Waals surface area (Å²) < 4.78 is 8.41. The molecule has 0 fully saturated rings. The monoisotopic (exact) mass is 390 g/mol. The van der Waals surface area contributed by atoms with Crippen LogP contribution in [0.3, 0.4) is 0 Å². The van der Waals surface area contributed by atoms with E-state index in [9.17, 15) is 9.59 Å². The highest BCUT2D eigenvalue weighted by Gasteiger charge is 2.15. The summed E-state index contributed by atoms with van der Waals surface area (Å²) in [6.45, 7) is 4.09. The lowest BCUT2D eigenvalue weighted by atomic mass is 10.1. The van der Waals surface area contributed by atoms with Crippen LogP contribution in [0.5, 0.6) is 5.75 Å². The molecule has 29 heavy (non-hydrogen) atoms. The highest BCUT2D eigenvalue weighted by Crippen LogP contribution is 2.28. The Labute approximate surface area is 167 Å². The maximum absolute atomic E-state index is 13.0. The zero-order chi connectivity index (χ0) is 20.5. The predicted molar refractivity (Wildman–Crippen MR) is 111 cm³/mol. The molecule has 2 heterocycles. The summed E-state index contributed by atoms with van der Waals surface area (Å²) in [7, 11) is 1.60. The number of carbonyl (C=O) groups excluding carboxylic acids is 1. The van der Waals surface area contributed by atoms with Gasteiger partial charge in [-0.3, -0.25) is 14.0 Å². The molecule has 0 spiro atoms. The minimum absolute atomic E-state index is 0.138. The summed E-state index contributed by atoms with van der Waals surface area (Å²) in [4.78, 5) is 25.3. The first kappa shape index (κ1) is 18.7. The lowest BCUT2D eigenvalue weighted by Gasteiger charge is -2.10. The largest absolute Gasteiger partial charge is 0.496 e. The average Bonchev–Trinajstić information content (AvgIpc) is 3.12. The number of ether oxygens (including phenoxy) is 1. The van der Waals surface area contributed by atoms with Crippen molar-refractivity contribution in [3.63, 3.8) is 0 Å². The first-order chi connectivity index (χ1) is 14.0. The summed E-state index contributed by atoms with van der Waals surface area (Å²) in [5.41, 5.74) is 3.15. The molecule has 7 heteroatoms. The Balaban J connectivity index is 1.63. The predicted octanol–water partition coefficient (Wildman–Crippen LogP) is 2.59. The van der Waals surface area contributed by atoms with E-state index < -0.39 is 0 Å². The second-order valence-corrected chi connectivity index (χ2v) is 7.03. The van der Waals surface area contributed by atoms with E-state index in [1.165, 1.54) is 4.68 Å². The van der Waals surface area contributed by atoms with E-state index in [0.717, 1.165) is 22.0 Å². The van der Waals surface area contributed by atoms with Gasteiger partial charge in [-0.05, 0) is 37.6 Å². The normalized spacial score (nSPS) is 11.1. The van der Waals surface area contributed by atoms with Gasteiger partial charge in [0, 0.05) is 11.9 Å². The van der Waals surface area contributed by atoms with Gasteiger partial charge in [0.05, 0.1) is 12.6 Å². The van der Waals surface area contributed by atoms with Gasteiger partial charge in [0.1, 0.15) is 23.6 Å². The molecule has 0 saturated carbocycles. The summed E-state index contributed by atoms with van der Waals surface area (Å²) in [5, 5.41) is 8.02. The third-order valence-corrected chi connectivity index (χ3v) is 4.97. The second-order valence-electron chi connectivity index (χ2n) is 7.03. The van der Waals surface area contributed by atoms with Crippen LogP contribution in [0.25, 0.3) is 16.4 Å². The maximum atomic E-state index is 13.0. The molecule has 0 aliphatic rings. The van der Waals surface area contributed by atoms with E-state index in [2.05, 4.69) is 10.4 Å². The molecule has 0 unspecified atom stereocenters. The standard InChI is InChI=1S/C22H22N4O3/c1-14-7-9-16(10-8-14)12-23-21(27)13-25-22(28)19-11-17-18(26(19)15(2)24-25)5-4-6-20(17)29-3/h4-11H,12-13H2,1-3H3,(H,23,27). The van der Waals surface area contributed by atoms with Crippen LogP contribution < -0.4 is 15.6 Å². The van der Waals surface area contributed by atoms with E-state index in [-0.39, 0.29) is 18.0 Å². The highest BCUT2D eigenvalue weighted by atomic mass is 16.5. The number of methoxy groups -OCH3 is 1. The number of aryl methyl sites for hydroxylation is 2. The Kier molecular flexibility index (Phi) is 4.80. The molecule has 4 aromatic rings. The number of aromatic nitrogens is 3. The third-order valence-electron chi connectivity index (χ3n) is 4.97. The van der Waals surface area contributed by atoms with Crippen LogP contribution in [0.1, 0.15) is 17.0 Å². The summed E-state index contributed by atoms with van der Waals surface area (Å²) in [6.07, 6.45) is 0. The minimum atomic E-state index is -0.320. The second kappa shape index (κ2) is 7.43. The van der Waals surface area contributed by atoms with Crippen LogP contribution in [-0.4, -0.2) is 27.2 Å². The van der Waals surface area contributed by atoms with Crippen molar-refractivity contribution in [3.05, 3.63) is 75.8 Å². The molecule has 1 amide bonds. The average molecular weight is 390 g/mol. The fourth-order valence-electron chi connectivity index (χ4n) is 3.49. The van der Waals surface area contributed by atoms with Gasteiger partial charge in [0.25, 0.3) is 5.56 Å². The topological polar surface area (TPSA) is 77.6 Å². The molecule has 4 rings (SSSR count). The van der Waals surface area contributed by atoms with Crippen molar-refractivity contribution in [2.45, 2.75) is 26.9 Å². The molecule has 0 atom stereocenters. The quantitative estimate of drug-likeness (QED) is 0.568. The first-order valence-electron chi connectivity index (χ1n) is 9.36.